The quantitative estimate of drug-likeness (QED) is 0.544. The smallest absolute Gasteiger partial charge is 0.258 e. The Hall–Kier alpha value is -1.38. The van der Waals surface area contributed by atoms with Gasteiger partial charge >= 0.3 is 0 Å². The van der Waals surface area contributed by atoms with Gasteiger partial charge in [0, 0.05) is 12.1 Å². The van der Waals surface area contributed by atoms with Crippen molar-refractivity contribution in [3.05, 3.63) is 39.9 Å². The lowest BCUT2D eigenvalue weighted by atomic mass is 9.93. The summed E-state index contributed by atoms with van der Waals surface area (Å²) in [5, 5.41) is 10.5. The van der Waals surface area contributed by atoms with Crippen LogP contribution in [0, 0.1) is 10.1 Å². The lowest BCUT2D eigenvalue weighted by Crippen LogP contribution is -2.03. The predicted octanol–water partition coefficient (Wildman–Crippen LogP) is 3.04. The minimum atomic E-state index is -0.352. The molecule has 0 amide bonds. The third-order valence-corrected chi connectivity index (χ3v) is 3.22. The Morgan fingerprint density at radius 1 is 1.36 bits per heavy atom. The Labute approximate surface area is 82.9 Å². The van der Waals surface area contributed by atoms with Crippen LogP contribution in [0.2, 0.25) is 0 Å². The van der Waals surface area contributed by atoms with Gasteiger partial charge in [0.05, 0.1) is 4.92 Å². The molecule has 0 unspecified atom stereocenters. The molecule has 1 aromatic carbocycles. The summed E-state index contributed by atoms with van der Waals surface area (Å²) in [5.74, 6) is 0. The molecular weight excluding hydrogens is 178 g/mol. The van der Waals surface area contributed by atoms with Gasteiger partial charge in [0.2, 0.25) is 0 Å². The second-order valence-electron chi connectivity index (χ2n) is 3.94. The van der Waals surface area contributed by atoms with Gasteiger partial charge in [-0.2, -0.15) is 0 Å². The van der Waals surface area contributed by atoms with E-state index in [-0.39, 0.29) is 10.6 Å². The molecule has 1 aromatic rings. The fourth-order valence-corrected chi connectivity index (χ4v) is 1.93. The van der Waals surface area contributed by atoms with Crippen LogP contribution in [-0.2, 0) is 5.41 Å². The molecule has 0 aromatic heterocycles. The number of benzene rings is 1. The third-order valence-electron chi connectivity index (χ3n) is 3.22. The highest BCUT2D eigenvalue weighted by atomic mass is 16.6. The topological polar surface area (TPSA) is 43.1 Å². The Morgan fingerprint density at radius 3 is 2.29 bits per heavy atom. The van der Waals surface area contributed by atoms with Crippen molar-refractivity contribution in [1.29, 1.82) is 0 Å². The second kappa shape index (κ2) is 3.08. The van der Waals surface area contributed by atoms with E-state index in [1.165, 1.54) is 18.4 Å². The fraction of sp³-hybridized carbons (Fsp3) is 0.455. The number of nitro groups is 1. The zero-order valence-corrected chi connectivity index (χ0v) is 8.19. The number of nitrogens with zero attached hydrogens (tertiary/aromatic N) is 1. The summed E-state index contributed by atoms with van der Waals surface area (Å²) < 4.78 is 0. The average Bonchev–Trinajstić information content (AvgIpc) is 2.99. The van der Waals surface area contributed by atoms with E-state index in [2.05, 4.69) is 6.92 Å². The molecule has 0 bridgehead atoms. The second-order valence-corrected chi connectivity index (χ2v) is 3.94. The fourth-order valence-electron chi connectivity index (χ4n) is 1.93. The van der Waals surface area contributed by atoms with E-state index in [1.807, 2.05) is 12.1 Å². The van der Waals surface area contributed by atoms with Crippen molar-refractivity contribution in [3.8, 4) is 0 Å². The van der Waals surface area contributed by atoms with Gasteiger partial charge in [-0.05, 0) is 30.2 Å². The zero-order chi connectivity index (χ0) is 10.2. The van der Waals surface area contributed by atoms with E-state index in [0.29, 0.717) is 5.41 Å². The molecule has 0 spiro atoms. The van der Waals surface area contributed by atoms with E-state index in [9.17, 15) is 10.1 Å². The highest BCUT2D eigenvalue weighted by molar-refractivity contribution is 5.38. The highest BCUT2D eigenvalue weighted by Gasteiger charge is 2.42. The molecule has 14 heavy (non-hydrogen) atoms. The standard InChI is InChI=1S/C11H13NO2/c1-2-11(7-8-11)9-3-5-10(6-4-9)12(13)14/h3-6H,2,7-8H2,1H3. The van der Waals surface area contributed by atoms with Gasteiger partial charge in [0.1, 0.15) is 0 Å². The first-order valence-electron chi connectivity index (χ1n) is 4.93. The van der Waals surface area contributed by atoms with Crippen LogP contribution in [0.5, 0.6) is 0 Å². The molecule has 1 fully saturated rings. The molecule has 0 heterocycles. The number of hydrogen-bond donors (Lipinski definition) is 0. The molecule has 1 aliphatic rings. The minimum absolute atomic E-state index is 0.181. The van der Waals surface area contributed by atoms with Crippen LogP contribution in [-0.4, -0.2) is 4.92 Å². The molecule has 74 valence electrons. The molecule has 0 N–H and O–H groups in total. The Morgan fingerprint density at radius 2 is 1.93 bits per heavy atom. The molecule has 2 rings (SSSR count). The first-order chi connectivity index (χ1) is 6.68. The van der Waals surface area contributed by atoms with Gasteiger partial charge in [-0.25, -0.2) is 0 Å². The largest absolute Gasteiger partial charge is 0.269 e. The van der Waals surface area contributed by atoms with Gasteiger partial charge < -0.3 is 0 Å². The minimum Gasteiger partial charge on any atom is -0.258 e. The summed E-state index contributed by atoms with van der Waals surface area (Å²) >= 11 is 0. The molecule has 3 nitrogen and oxygen atoms in total. The molecule has 0 atom stereocenters. The Kier molecular flexibility index (Phi) is 2.02. The monoisotopic (exact) mass is 191 g/mol. The van der Waals surface area contributed by atoms with E-state index in [4.69, 9.17) is 0 Å². The Bertz CT molecular complexity index is 352. The SMILES string of the molecule is CCC1(c2ccc([N+](=O)[O-])cc2)CC1. The lowest BCUT2D eigenvalue weighted by Gasteiger charge is -2.11. The number of rotatable bonds is 3. The summed E-state index contributed by atoms with van der Waals surface area (Å²) in [4.78, 5) is 10.1. The van der Waals surface area contributed by atoms with Crippen LogP contribution < -0.4 is 0 Å². The molecule has 3 heteroatoms. The van der Waals surface area contributed by atoms with Crippen molar-refractivity contribution in [2.45, 2.75) is 31.6 Å². The van der Waals surface area contributed by atoms with Crippen molar-refractivity contribution < 1.29 is 4.92 Å². The normalized spacial score (nSPS) is 17.8. The first-order valence-corrected chi connectivity index (χ1v) is 4.93. The van der Waals surface area contributed by atoms with E-state index in [0.717, 1.165) is 6.42 Å². The molecule has 0 aliphatic heterocycles. The summed E-state index contributed by atoms with van der Waals surface area (Å²) in [7, 11) is 0. The van der Waals surface area contributed by atoms with Gasteiger partial charge in [0.25, 0.3) is 5.69 Å². The predicted molar refractivity (Wildman–Crippen MR) is 54.3 cm³/mol. The maximum atomic E-state index is 10.5. The molecule has 1 saturated carbocycles. The van der Waals surface area contributed by atoms with Gasteiger partial charge in [-0.15, -0.1) is 0 Å². The van der Waals surface area contributed by atoms with E-state index >= 15 is 0 Å². The van der Waals surface area contributed by atoms with Crippen LogP contribution in [0.25, 0.3) is 0 Å². The Balaban J connectivity index is 2.26. The molecule has 1 aliphatic carbocycles. The zero-order valence-electron chi connectivity index (χ0n) is 8.19. The van der Waals surface area contributed by atoms with Crippen molar-refractivity contribution in [2.75, 3.05) is 0 Å². The van der Waals surface area contributed by atoms with Gasteiger partial charge in [-0.1, -0.05) is 19.1 Å². The van der Waals surface area contributed by atoms with Crippen molar-refractivity contribution in [1.82, 2.24) is 0 Å². The highest BCUT2D eigenvalue weighted by Crippen LogP contribution is 2.50. The van der Waals surface area contributed by atoms with Crippen LogP contribution in [0.1, 0.15) is 31.7 Å². The van der Waals surface area contributed by atoms with Crippen LogP contribution in [0.15, 0.2) is 24.3 Å². The molecular formula is C11H13NO2. The third kappa shape index (κ3) is 1.39. The van der Waals surface area contributed by atoms with E-state index in [1.54, 1.807) is 12.1 Å². The summed E-state index contributed by atoms with van der Waals surface area (Å²) in [5.41, 5.74) is 1.78. The van der Waals surface area contributed by atoms with Crippen LogP contribution >= 0.6 is 0 Å². The first kappa shape index (κ1) is 9.19. The van der Waals surface area contributed by atoms with Gasteiger partial charge in [0.15, 0.2) is 0 Å². The summed E-state index contributed by atoms with van der Waals surface area (Å²) in [6.07, 6.45) is 3.58. The van der Waals surface area contributed by atoms with Crippen molar-refractivity contribution >= 4 is 5.69 Å². The lowest BCUT2D eigenvalue weighted by molar-refractivity contribution is -0.384. The molecule has 0 radical (unpaired) electrons. The maximum Gasteiger partial charge on any atom is 0.269 e. The van der Waals surface area contributed by atoms with E-state index < -0.39 is 0 Å². The van der Waals surface area contributed by atoms with Gasteiger partial charge in [-0.3, -0.25) is 10.1 Å². The number of hydrogen-bond acceptors (Lipinski definition) is 2. The number of non-ortho nitro benzene ring substituents is 1. The average molecular weight is 191 g/mol. The molecule has 0 saturated heterocycles. The van der Waals surface area contributed by atoms with Crippen LogP contribution in [0.4, 0.5) is 5.69 Å². The van der Waals surface area contributed by atoms with Crippen molar-refractivity contribution in [2.24, 2.45) is 0 Å². The summed E-state index contributed by atoms with van der Waals surface area (Å²) in [6, 6.07) is 7.00. The van der Waals surface area contributed by atoms with Crippen LogP contribution in [0.3, 0.4) is 0 Å². The van der Waals surface area contributed by atoms with Crippen molar-refractivity contribution in [3.63, 3.8) is 0 Å². The summed E-state index contributed by atoms with van der Waals surface area (Å²) in [6.45, 7) is 2.18. The number of nitro benzene ring substituents is 1. The maximum absolute atomic E-state index is 10.5.